The quantitative estimate of drug-likeness (QED) is 0.652. The molecule has 0 saturated carbocycles. The normalized spacial score (nSPS) is 13.8. The average Bonchev–Trinajstić information content (AvgIpc) is 1.97. The first kappa shape index (κ1) is 8.34. The molecule has 0 spiro atoms. The molecular formula is C8H15NO4. The SMILES string of the molecule is [2H]C([2H])(NC(=O)OC(C)(C)C)C(=O)OC. The molecule has 0 aromatic rings. The molecule has 0 radical (unpaired) electrons. The van der Waals surface area contributed by atoms with Crippen molar-refractivity contribution in [3.8, 4) is 0 Å². The van der Waals surface area contributed by atoms with E-state index in [9.17, 15) is 9.59 Å². The second-order valence-corrected chi connectivity index (χ2v) is 3.24. The van der Waals surface area contributed by atoms with Gasteiger partial charge in [-0.15, -0.1) is 0 Å². The van der Waals surface area contributed by atoms with E-state index in [2.05, 4.69) is 4.74 Å². The predicted octanol–water partition coefficient (Wildman–Crippen LogP) is 0.684. The highest BCUT2D eigenvalue weighted by Gasteiger charge is 2.16. The Morgan fingerprint density at radius 3 is 2.38 bits per heavy atom. The summed E-state index contributed by atoms with van der Waals surface area (Å²) >= 11 is 0. The van der Waals surface area contributed by atoms with Crippen LogP contribution >= 0.6 is 0 Å². The lowest BCUT2D eigenvalue weighted by atomic mass is 10.2. The standard InChI is InChI=1S/C8H15NO4/c1-8(2,3)13-7(11)9-5-6(10)12-4/h5H2,1-4H3,(H,9,11)/i5D2. The fraction of sp³-hybridized carbons (Fsp3) is 0.750. The number of ether oxygens (including phenoxy) is 2. The number of carbonyl (C=O) groups excluding carboxylic acids is 2. The van der Waals surface area contributed by atoms with Gasteiger partial charge in [-0.05, 0) is 20.8 Å². The Hall–Kier alpha value is -1.26. The van der Waals surface area contributed by atoms with E-state index in [1.807, 2.05) is 0 Å². The lowest BCUT2D eigenvalue weighted by Gasteiger charge is -2.19. The monoisotopic (exact) mass is 191 g/mol. The third kappa shape index (κ3) is 7.11. The zero-order valence-electron chi connectivity index (χ0n) is 10.1. The Labute approximate surface area is 80.2 Å². The first-order valence-corrected chi connectivity index (χ1v) is 3.68. The van der Waals surface area contributed by atoms with Crippen LogP contribution in [0.4, 0.5) is 4.79 Å². The fourth-order valence-electron chi connectivity index (χ4n) is 0.457. The second-order valence-electron chi connectivity index (χ2n) is 3.24. The highest BCUT2D eigenvalue weighted by molar-refractivity contribution is 5.77. The topological polar surface area (TPSA) is 64.6 Å². The Balaban J connectivity index is 4.35. The summed E-state index contributed by atoms with van der Waals surface area (Å²) in [6.45, 7) is 2.29. The van der Waals surface area contributed by atoms with Gasteiger partial charge >= 0.3 is 12.1 Å². The molecule has 1 N–H and O–H groups in total. The number of methoxy groups -OCH3 is 1. The maximum atomic E-state index is 11.1. The van der Waals surface area contributed by atoms with Crippen molar-refractivity contribution in [2.75, 3.05) is 13.6 Å². The van der Waals surface area contributed by atoms with E-state index >= 15 is 0 Å². The third-order valence-electron chi connectivity index (χ3n) is 0.851. The third-order valence-corrected chi connectivity index (χ3v) is 0.851. The van der Waals surface area contributed by atoms with Crippen LogP contribution in [0.1, 0.15) is 23.5 Å². The predicted molar refractivity (Wildman–Crippen MR) is 46.3 cm³/mol. The van der Waals surface area contributed by atoms with Gasteiger partial charge in [0.05, 0.1) is 9.85 Å². The smallest absolute Gasteiger partial charge is 0.408 e. The van der Waals surface area contributed by atoms with E-state index in [1.54, 1.807) is 26.1 Å². The van der Waals surface area contributed by atoms with E-state index in [1.165, 1.54) is 0 Å². The zero-order chi connectivity index (χ0) is 12.3. The fourth-order valence-corrected chi connectivity index (χ4v) is 0.457. The van der Waals surface area contributed by atoms with Crippen molar-refractivity contribution < 1.29 is 21.8 Å². The first-order chi connectivity index (χ1) is 6.58. The lowest BCUT2D eigenvalue weighted by Crippen LogP contribution is -2.35. The van der Waals surface area contributed by atoms with E-state index in [4.69, 9.17) is 7.48 Å². The summed E-state index contributed by atoms with van der Waals surface area (Å²) in [5.41, 5.74) is -0.754. The van der Waals surface area contributed by atoms with Crippen LogP contribution in [0.2, 0.25) is 0 Å². The summed E-state index contributed by atoms with van der Waals surface area (Å²) in [6.07, 6.45) is -1.02. The van der Waals surface area contributed by atoms with Gasteiger partial charge in [0.25, 0.3) is 0 Å². The molecule has 0 aliphatic heterocycles. The van der Waals surface area contributed by atoms with Crippen LogP contribution in [-0.4, -0.2) is 31.3 Å². The van der Waals surface area contributed by atoms with Crippen molar-refractivity contribution in [1.82, 2.24) is 5.32 Å². The minimum Gasteiger partial charge on any atom is -0.468 e. The minimum absolute atomic E-state index is 0.754. The lowest BCUT2D eigenvalue weighted by molar-refractivity contribution is -0.139. The Morgan fingerprint density at radius 2 is 2.00 bits per heavy atom. The molecule has 76 valence electrons. The Morgan fingerprint density at radius 1 is 1.46 bits per heavy atom. The molecule has 0 aliphatic rings. The number of alkyl carbamates (subject to hydrolysis) is 1. The molecule has 0 unspecified atom stereocenters. The number of hydrogen-bond donors (Lipinski definition) is 1. The molecule has 0 rings (SSSR count). The van der Waals surface area contributed by atoms with Gasteiger partial charge in [-0.3, -0.25) is 4.79 Å². The van der Waals surface area contributed by atoms with Crippen LogP contribution in [-0.2, 0) is 14.3 Å². The average molecular weight is 191 g/mol. The highest BCUT2D eigenvalue weighted by Crippen LogP contribution is 2.05. The van der Waals surface area contributed by atoms with E-state index in [0.717, 1.165) is 7.11 Å². The zero-order valence-corrected chi connectivity index (χ0v) is 8.13. The molecule has 0 atom stereocenters. The van der Waals surface area contributed by atoms with Gasteiger partial charge in [0.1, 0.15) is 12.1 Å². The molecule has 0 saturated heterocycles. The van der Waals surface area contributed by atoms with E-state index in [-0.39, 0.29) is 0 Å². The molecule has 1 amide bonds. The molecular weight excluding hydrogens is 174 g/mol. The highest BCUT2D eigenvalue weighted by atomic mass is 16.6. The Bertz CT molecular complexity index is 260. The van der Waals surface area contributed by atoms with Crippen LogP contribution in [0.5, 0.6) is 0 Å². The van der Waals surface area contributed by atoms with Gasteiger partial charge in [-0.2, -0.15) is 0 Å². The summed E-state index contributed by atoms with van der Waals surface area (Å²) < 4.78 is 23.2. The molecule has 0 heterocycles. The molecule has 5 nitrogen and oxygen atoms in total. The summed E-state index contributed by atoms with van der Waals surface area (Å²) in [5.74, 6) is -1.19. The summed E-state index contributed by atoms with van der Waals surface area (Å²) in [6, 6.07) is 0. The van der Waals surface area contributed by atoms with Gasteiger partial charge in [0.15, 0.2) is 0 Å². The van der Waals surface area contributed by atoms with Gasteiger partial charge < -0.3 is 14.8 Å². The van der Waals surface area contributed by atoms with Crippen molar-refractivity contribution in [2.24, 2.45) is 0 Å². The number of nitrogens with one attached hydrogen (secondary N) is 1. The first-order valence-electron chi connectivity index (χ1n) is 4.68. The van der Waals surface area contributed by atoms with Gasteiger partial charge in [0.2, 0.25) is 0 Å². The van der Waals surface area contributed by atoms with Crippen LogP contribution in [0.15, 0.2) is 0 Å². The molecule has 0 fully saturated rings. The van der Waals surface area contributed by atoms with E-state index < -0.39 is 24.2 Å². The number of amides is 1. The van der Waals surface area contributed by atoms with Crippen molar-refractivity contribution in [1.29, 1.82) is 0 Å². The van der Waals surface area contributed by atoms with Gasteiger partial charge in [-0.1, -0.05) is 0 Å². The molecule has 13 heavy (non-hydrogen) atoms. The van der Waals surface area contributed by atoms with Crippen molar-refractivity contribution >= 4 is 12.1 Å². The molecule has 0 aromatic heterocycles. The molecule has 5 heteroatoms. The maximum Gasteiger partial charge on any atom is 0.408 e. The molecule has 0 bridgehead atoms. The van der Waals surface area contributed by atoms with Crippen molar-refractivity contribution in [3.05, 3.63) is 0 Å². The number of carbonyl (C=O) groups is 2. The van der Waals surface area contributed by atoms with Crippen LogP contribution < -0.4 is 5.32 Å². The summed E-state index contributed by atoms with van der Waals surface area (Å²) in [4.78, 5) is 22.0. The molecule has 0 aromatic carbocycles. The minimum atomic E-state index is -2.59. The van der Waals surface area contributed by atoms with Gasteiger partial charge in [-0.25, -0.2) is 4.79 Å². The largest absolute Gasteiger partial charge is 0.468 e. The van der Waals surface area contributed by atoms with Gasteiger partial charge in [0, 0.05) is 0 Å². The Kier molecular flexibility index (Phi) is 3.01. The summed E-state index contributed by atoms with van der Waals surface area (Å²) in [5, 5.41) is 1.76. The van der Waals surface area contributed by atoms with E-state index in [0.29, 0.717) is 0 Å². The number of rotatable bonds is 2. The van der Waals surface area contributed by atoms with Crippen LogP contribution in [0.25, 0.3) is 0 Å². The van der Waals surface area contributed by atoms with Crippen LogP contribution in [0.3, 0.4) is 0 Å². The van der Waals surface area contributed by atoms with Crippen molar-refractivity contribution in [3.63, 3.8) is 0 Å². The summed E-state index contributed by atoms with van der Waals surface area (Å²) in [7, 11) is 1.02. The van der Waals surface area contributed by atoms with Crippen molar-refractivity contribution in [2.45, 2.75) is 26.4 Å². The number of hydrogen-bond acceptors (Lipinski definition) is 4. The number of esters is 1. The van der Waals surface area contributed by atoms with Crippen LogP contribution in [0, 0.1) is 0 Å². The molecule has 0 aliphatic carbocycles. The maximum absolute atomic E-state index is 11.1. The second kappa shape index (κ2) is 4.69.